The third-order valence-electron chi connectivity index (χ3n) is 4.90. The predicted octanol–water partition coefficient (Wildman–Crippen LogP) is 3.47. The Morgan fingerprint density at radius 3 is 2.59 bits per heavy atom. The maximum atomic E-state index is 13.7. The standard InChI is InChI=1S/C21H23F3N6O2/c1-3-18(32)27-16-8-4-5-9-17(16)28-19-15(21(22,23)24)12-26-20(29-19)30(13(2)31)14-7-6-10-25-11-14/h3-5,8-9,12,14,25H,1,6-7,10-11H2,2H3,(H,27,32)(H,26,28,29)/t14-/m0/s1. The van der Waals surface area contributed by atoms with Gasteiger partial charge in [-0.3, -0.25) is 14.5 Å². The highest BCUT2D eigenvalue weighted by molar-refractivity contribution is 6.01. The molecule has 1 atom stereocenters. The van der Waals surface area contributed by atoms with Gasteiger partial charge in [0.1, 0.15) is 11.4 Å². The molecule has 8 nitrogen and oxygen atoms in total. The van der Waals surface area contributed by atoms with Crippen LogP contribution in [0.1, 0.15) is 25.3 Å². The molecule has 1 aliphatic heterocycles. The van der Waals surface area contributed by atoms with E-state index in [1.807, 2.05) is 0 Å². The van der Waals surface area contributed by atoms with Crippen LogP contribution in [0.2, 0.25) is 0 Å². The van der Waals surface area contributed by atoms with Crippen molar-refractivity contribution in [2.24, 2.45) is 0 Å². The summed E-state index contributed by atoms with van der Waals surface area (Å²) in [7, 11) is 0. The highest BCUT2D eigenvalue weighted by Crippen LogP contribution is 2.37. The topological polar surface area (TPSA) is 99.3 Å². The van der Waals surface area contributed by atoms with Crippen molar-refractivity contribution in [1.29, 1.82) is 0 Å². The van der Waals surface area contributed by atoms with Crippen molar-refractivity contribution >= 4 is 35.0 Å². The normalized spacial score (nSPS) is 16.2. The smallest absolute Gasteiger partial charge is 0.338 e. The Kier molecular flexibility index (Phi) is 7.08. The van der Waals surface area contributed by atoms with Gasteiger partial charge in [-0.2, -0.15) is 18.2 Å². The Morgan fingerprint density at radius 2 is 2.00 bits per heavy atom. The van der Waals surface area contributed by atoms with Crippen LogP contribution in [0.4, 0.5) is 36.3 Å². The minimum absolute atomic E-state index is 0.130. The number of aromatic nitrogens is 2. The number of carbonyl (C=O) groups is 2. The molecule has 0 spiro atoms. The summed E-state index contributed by atoms with van der Waals surface area (Å²) in [5.41, 5.74) is -0.673. The Labute approximate surface area is 182 Å². The van der Waals surface area contributed by atoms with E-state index in [4.69, 9.17) is 0 Å². The first-order valence-electron chi connectivity index (χ1n) is 9.95. The van der Waals surface area contributed by atoms with E-state index >= 15 is 0 Å². The number of rotatable bonds is 6. The van der Waals surface area contributed by atoms with Crippen LogP contribution in [0, 0.1) is 0 Å². The lowest BCUT2D eigenvalue weighted by molar-refractivity contribution is -0.137. The first kappa shape index (κ1) is 23.2. The molecule has 0 radical (unpaired) electrons. The number of nitrogens with one attached hydrogen (secondary N) is 3. The van der Waals surface area contributed by atoms with E-state index < -0.39 is 23.5 Å². The molecule has 1 fully saturated rings. The van der Waals surface area contributed by atoms with Crippen LogP contribution in [0.3, 0.4) is 0 Å². The van der Waals surface area contributed by atoms with E-state index in [1.54, 1.807) is 12.1 Å². The zero-order valence-electron chi connectivity index (χ0n) is 17.4. The molecule has 1 aromatic carbocycles. The van der Waals surface area contributed by atoms with Crippen molar-refractivity contribution in [3.63, 3.8) is 0 Å². The van der Waals surface area contributed by atoms with E-state index in [2.05, 4.69) is 32.5 Å². The number of carbonyl (C=O) groups excluding carboxylic acids is 2. The minimum Gasteiger partial charge on any atom is -0.338 e. The summed E-state index contributed by atoms with van der Waals surface area (Å²) in [5, 5.41) is 8.34. The van der Waals surface area contributed by atoms with Gasteiger partial charge in [0.2, 0.25) is 17.8 Å². The lowest BCUT2D eigenvalue weighted by atomic mass is 10.1. The van der Waals surface area contributed by atoms with Crippen molar-refractivity contribution < 1.29 is 22.8 Å². The number of para-hydroxylation sites is 2. The fourth-order valence-corrected chi connectivity index (χ4v) is 3.42. The van der Waals surface area contributed by atoms with Crippen LogP contribution in [-0.4, -0.2) is 40.9 Å². The molecule has 170 valence electrons. The van der Waals surface area contributed by atoms with E-state index in [9.17, 15) is 22.8 Å². The average molecular weight is 448 g/mol. The second-order valence-corrected chi connectivity index (χ2v) is 7.18. The SMILES string of the molecule is C=CC(=O)Nc1ccccc1Nc1nc(N(C(C)=O)[C@H]2CCCNC2)ncc1C(F)(F)F. The number of nitrogens with zero attached hydrogens (tertiary/aromatic N) is 3. The molecule has 0 aliphatic carbocycles. The maximum Gasteiger partial charge on any atom is 0.421 e. The highest BCUT2D eigenvalue weighted by atomic mass is 19.4. The zero-order valence-corrected chi connectivity index (χ0v) is 17.4. The van der Waals surface area contributed by atoms with Crippen molar-refractivity contribution in [2.75, 3.05) is 28.6 Å². The average Bonchev–Trinajstić information content (AvgIpc) is 2.75. The molecular formula is C21H23F3N6O2. The van der Waals surface area contributed by atoms with Gasteiger partial charge in [-0.15, -0.1) is 0 Å². The molecule has 1 aliphatic rings. The Hall–Kier alpha value is -3.47. The van der Waals surface area contributed by atoms with Crippen LogP contribution in [0.25, 0.3) is 0 Å². The Bertz CT molecular complexity index is 1010. The molecule has 0 bridgehead atoms. The molecule has 2 aromatic rings. The number of halogens is 3. The summed E-state index contributed by atoms with van der Waals surface area (Å²) >= 11 is 0. The van der Waals surface area contributed by atoms with Crippen LogP contribution < -0.4 is 20.9 Å². The fraction of sp³-hybridized carbons (Fsp3) is 0.333. The number of amides is 2. The molecule has 1 saturated heterocycles. The van der Waals surface area contributed by atoms with Gasteiger partial charge in [0, 0.05) is 19.7 Å². The van der Waals surface area contributed by atoms with Crippen LogP contribution in [-0.2, 0) is 15.8 Å². The Balaban J connectivity index is 2.03. The molecular weight excluding hydrogens is 425 g/mol. The number of hydrogen-bond donors (Lipinski definition) is 3. The van der Waals surface area contributed by atoms with Gasteiger partial charge in [0.15, 0.2) is 0 Å². The monoisotopic (exact) mass is 448 g/mol. The van der Waals surface area contributed by atoms with Gasteiger partial charge in [-0.1, -0.05) is 18.7 Å². The summed E-state index contributed by atoms with van der Waals surface area (Å²) < 4.78 is 41.0. The molecule has 3 N–H and O–H groups in total. The maximum absolute atomic E-state index is 13.7. The summed E-state index contributed by atoms with van der Waals surface area (Å²) in [4.78, 5) is 33.2. The van der Waals surface area contributed by atoms with Crippen LogP contribution >= 0.6 is 0 Å². The van der Waals surface area contributed by atoms with Gasteiger partial charge in [0.25, 0.3) is 0 Å². The predicted molar refractivity (Wildman–Crippen MR) is 115 cm³/mol. The molecule has 3 rings (SSSR count). The summed E-state index contributed by atoms with van der Waals surface area (Å²) in [5.74, 6) is -1.55. The van der Waals surface area contributed by atoms with Crippen molar-refractivity contribution in [3.8, 4) is 0 Å². The quantitative estimate of drug-likeness (QED) is 0.586. The molecule has 0 saturated carbocycles. The Morgan fingerprint density at radius 1 is 1.28 bits per heavy atom. The van der Waals surface area contributed by atoms with Crippen molar-refractivity contribution in [1.82, 2.24) is 15.3 Å². The molecule has 11 heteroatoms. The number of anilines is 4. The third-order valence-corrected chi connectivity index (χ3v) is 4.90. The van der Waals surface area contributed by atoms with Gasteiger partial charge in [0.05, 0.1) is 17.4 Å². The van der Waals surface area contributed by atoms with E-state index in [0.717, 1.165) is 19.0 Å². The second-order valence-electron chi connectivity index (χ2n) is 7.18. The summed E-state index contributed by atoms with van der Waals surface area (Å²) in [6, 6.07) is 5.96. The van der Waals surface area contributed by atoms with Crippen molar-refractivity contribution in [3.05, 3.63) is 48.7 Å². The summed E-state index contributed by atoms with van der Waals surface area (Å²) in [6.45, 7) is 5.98. The molecule has 2 amide bonds. The number of piperidine rings is 1. The number of hydrogen-bond acceptors (Lipinski definition) is 6. The number of alkyl halides is 3. The van der Waals surface area contributed by atoms with Crippen molar-refractivity contribution in [2.45, 2.75) is 32.0 Å². The zero-order chi connectivity index (χ0) is 23.3. The van der Waals surface area contributed by atoms with Gasteiger partial charge in [-0.05, 0) is 37.6 Å². The lowest BCUT2D eigenvalue weighted by Crippen LogP contribution is -2.49. The third kappa shape index (κ3) is 5.41. The second kappa shape index (κ2) is 9.77. The fourth-order valence-electron chi connectivity index (χ4n) is 3.42. The van der Waals surface area contributed by atoms with E-state index in [0.29, 0.717) is 19.2 Å². The highest BCUT2D eigenvalue weighted by Gasteiger charge is 2.37. The van der Waals surface area contributed by atoms with Crippen LogP contribution in [0.5, 0.6) is 0 Å². The molecule has 0 unspecified atom stereocenters. The molecule has 32 heavy (non-hydrogen) atoms. The summed E-state index contributed by atoms with van der Waals surface area (Å²) in [6.07, 6.45) is -1.55. The van der Waals surface area contributed by atoms with Gasteiger partial charge < -0.3 is 16.0 Å². The minimum atomic E-state index is -4.74. The lowest BCUT2D eigenvalue weighted by Gasteiger charge is -2.32. The largest absolute Gasteiger partial charge is 0.421 e. The van der Waals surface area contributed by atoms with E-state index in [-0.39, 0.29) is 29.3 Å². The van der Waals surface area contributed by atoms with Crippen LogP contribution in [0.15, 0.2) is 43.1 Å². The number of benzene rings is 1. The first-order valence-corrected chi connectivity index (χ1v) is 9.95. The van der Waals surface area contributed by atoms with Gasteiger partial charge in [-0.25, -0.2) is 4.98 Å². The van der Waals surface area contributed by atoms with Gasteiger partial charge >= 0.3 is 6.18 Å². The molecule has 1 aromatic heterocycles. The molecule has 2 heterocycles. The first-order chi connectivity index (χ1) is 15.2. The van der Waals surface area contributed by atoms with E-state index in [1.165, 1.54) is 24.0 Å².